The minimum atomic E-state index is -0.519. The van der Waals surface area contributed by atoms with Crippen LogP contribution in [-0.4, -0.2) is 46.8 Å². The van der Waals surface area contributed by atoms with Crippen LogP contribution >= 0.6 is 0 Å². The smallest absolute Gasteiger partial charge is 0.267 e. The molecular formula is C28H31N5O5. The van der Waals surface area contributed by atoms with Crippen LogP contribution in [0.5, 0.6) is 0 Å². The number of amides is 1. The zero-order valence-electron chi connectivity index (χ0n) is 22.0. The second kappa shape index (κ2) is 13.2. The molecular weight excluding hydrogens is 486 g/mol. The van der Waals surface area contributed by atoms with E-state index in [2.05, 4.69) is 22.6 Å². The van der Waals surface area contributed by atoms with Crippen molar-refractivity contribution >= 4 is 22.6 Å². The molecule has 0 aliphatic heterocycles. The van der Waals surface area contributed by atoms with E-state index in [0.717, 1.165) is 0 Å². The Morgan fingerprint density at radius 2 is 2.03 bits per heavy atom. The number of pyridine rings is 2. The quantitative estimate of drug-likeness (QED) is 0.165. The molecule has 0 radical (unpaired) electrons. The number of nitriles is 1. The van der Waals surface area contributed by atoms with Gasteiger partial charge in [-0.1, -0.05) is 18.7 Å². The van der Waals surface area contributed by atoms with Gasteiger partial charge < -0.3 is 18.8 Å². The molecule has 0 fully saturated rings. The van der Waals surface area contributed by atoms with Crippen molar-refractivity contribution in [3.05, 3.63) is 88.2 Å². The summed E-state index contributed by atoms with van der Waals surface area (Å²) in [6.07, 6.45) is 6.79. The minimum Gasteiger partial charge on any atom is -0.493 e. The van der Waals surface area contributed by atoms with Crippen molar-refractivity contribution in [3.8, 4) is 6.07 Å². The van der Waals surface area contributed by atoms with E-state index in [1.165, 1.54) is 36.8 Å². The van der Waals surface area contributed by atoms with Crippen LogP contribution in [-0.2, 0) is 25.5 Å². The Bertz CT molecular complexity index is 1570. The van der Waals surface area contributed by atoms with Crippen LogP contribution in [0.25, 0.3) is 16.7 Å². The zero-order valence-corrected chi connectivity index (χ0v) is 22.0. The maximum Gasteiger partial charge on any atom is 0.267 e. The third kappa shape index (κ3) is 6.44. The Hall–Kier alpha value is -4.49. The lowest BCUT2D eigenvalue weighted by atomic mass is 10.2. The fraction of sp³-hybridized carbons (Fsp3) is 0.321. The molecule has 3 heterocycles. The Morgan fingerprint density at radius 3 is 2.68 bits per heavy atom. The summed E-state index contributed by atoms with van der Waals surface area (Å²) in [7, 11) is 2.94. The molecule has 3 aromatic rings. The minimum absolute atomic E-state index is 0.0496. The molecule has 0 aliphatic carbocycles. The zero-order chi connectivity index (χ0) is 27.7. The van der Waals surface area contributed by atoms with Crippen LogP contribution in [0.1, 0.15) is 32.3 Å². The molecule has 0 aliphatic rings. The van der Waals surface area contributed by atoms with Gasteiger partial charge in [0.15, 0.2) is 17.0 Å². The van der Waals surface area contributed by atoms with E-state index < -0.39 is 5.91 Å². The van der Waals surface area contributed by atoms with Gasteiger partial charge in [-0.15, -0.1) is 0 Å². The van der Waals surface area contributed by atoms with E-state index in [4.69, 9.17) is 14.2 Å². The first kappa shape index (κ1) is 28.1. The number of rotatable bonds is 11. The molecule has 0 saturated carbocycles. The number of allylic oxidation sites excluding steroid dienone is 2. The number of hydrogen-bond acceptors (Lipinski definition) is 7. The van der Waals surface area contributed by atoms with Crippen molar-refractivity contribution in [2.24, 2.45) is 4.99 Å². The molecule has 0 unspecified atom stereocenters. The molecule has 0 aromatic carbocycles. The summed E-state index contributed by atoms with van der Waals surface area (Å²) in [4.78, 5) is 35.2. The van der Waals surface area contributed by atoms with Crippen molar-refractivity contribution < 1.29 is 19.0 Å². The van der Waals surface area contributed by atoms with Crippen LogP contribution < -0.4 is 11.0 Å². The van der Waals surface area contributed by atoms with Gasteiger partial charge in [0.2, 0.25) is 0 Å². The lowest BCUT2D eigenvalue weighted by molar-refractivity contribution is -0.117. The Morgan fingerprint density at radius 1 is 1.26 bits per heavy atom. The molecule has 0 atom stereocenters. The van der Waals surface area contributed by atoms with Crippen molar-refractivity contribution in [1.29, 1.82) is 5.26 Å². The second-order valence-electron chi connectivity index (χ2n) is 8.45. The highest BCUT2D eigenvalue weighted by Gasteiger charge is 2.15. The largest absolute Gasteiger partial charge is 0.493 e. The summed E-state index contributed by atoms with van der Waals surface area (Å²) >= 11 is 0. The number of carbonyl (C=O) groups excluding carboxylic acids is 1. The van der Waals surface area contributed by atoms with E-state index in [0.29, 0.717) is 42.4 Å². The van der Waals surface area contributed by atoms with E-state index in [-0.39, 0.29) is 34.5 Å². The third-order valence-corrected chi connectivity index (χ3v) is 5.53. The molecule has 0 bridgehead atoms. The van der Waals surface area contributed by atoms with Crippen LogP contribution in [0, 0.1) is 11.3 Å². The second-order valence-corrected chi connectivity index (χ2v) is 8.45. The highest BCUT2D eigenvalue weighted by Crippen LogP contribution is 2.14. The predicted molar refractivity (Wildman–Crippen MR) is 143 cm³/mol. The topological polar surface area (TPSA) is 120 Å². The maximum atomic E-state index is 13.2. The molecule has 3 aromatic heterocycles. The molecule has 38 heavy (non-hydrogen) atoms. The Kier molecular flexibility index (Phi) is 9.73. The van der Waals surface area contributed by atoms with Gasteiger partial charge in [-0.05, 0) is 50.6 Å². The molecule has 198 valence electrons. The molecule has 3 rings (SSSR count). The molecule has 0 N–H and O–H groups in total. The van der Waals surface area contributed by atoms with Gasteiger partial charge in [0.1, 0.15) is 17.4 Å². The lowest BCUT2D eigenvalue weighted by Gasteiger charge is -2.14. The number of methoxy groups -OCH3 is 2. The lowest BCUT2D eigenvalue weighted by Crippen LogP contribution is -2.30. The van der Waals surface area contributed by atoms with Crippen molar-refractivity contribution in [3.63, 3.8) is 0 Å². The summed E-state index contributed by atoms with van der Waals surface area (Å²) in [5, 5.41) is 10.2. The number of aromatic nitrogens is 3. The molecule has 1 amide bonds. The molecule has 10 nitrogen and oxygen atoms in total. The average Bonchev–Trinajstić information content (AvgIpc) is 2.91. The summed E-state index contributed by atoms with van der Waals surface area (Å²) in [6, 6.07) is 8.74. The summed E-state index contributed by atoms with van der Waals surface area (Å²) < 4.78 is 19.3. The van der Waals surface area contributed by atoms with Crippen LogP contribution in [0.15, 0.2) is 76.6 Å². The van der Waals surface area contributed by atoms with E-state index in [1.807, 2.05) is 13.8 Å². The van der Waals surface area contributed by atoms with Crippen molar-refractivity contribution in [2.45, 2.75) is 39.3 Å². The van der Waals surface area contributed by atoms with Crippen LogP contribution in [0.4, 0.5) is 0 Å². The van der Waals surface area contributed by atoms with E-state index >= 15 is 0 Å². The predicted octanol–water partition coefficient (Wildman–Crippen LogP) is 3.40. The fourth-order valence-corrected chi connectivity index (χ4v) is 3.82. The fourth-order valence-electron chi connectivity index (χ4n) is 3.82. The maximum absolute atomic E-state index is 13.2. The highest BCUT2D eigenvalue weighted by atomic mass is 16.5. The molecule has 0 saturated heterocycles. The number of nitrogens with zero attached hydrogens (tertiary/aromatic N) is 5. The van der Waals surface area contributed by atoms with Gasteiger partial charge >= 0.3 is 0 Å². The molecule has 10 heteroatoms. The number of fused-ring (bicyclic) bond motifs is 2. The van der Waals surface area contributed by atoms with Gasteiger partial charge in [-0.25, -0.2) is 4.98 Å². The standard InChI is InChI=1S/C28H31N5O5/c1-6-10-22(36-4)23(37-5)12-13-25(34)31-26-20(18-29)17-21-27(33(26)15-9-16-38-19(2)3)30-24-11-7-8-14-32(24)28(21)35/h6-8,10-12,14,17,19H,1,9,13,15-16H2,2-5H3/b22-10+,23-12+,31-26?. The highest BCUT2D eigenvalue weighted by molar-refractivity contribution is 5.80. The van der Waals surface area contributed by atoms with Crippen LogP contribution in [0.2, 0.25) is 0 Å². The van der Waals surface area contributed by atoms with Crippen LogP contribution in [0.3, 0.4) is 0 Å². The first-order valence-electron chi connectivity index (χ1n) is 12.1. The van der Waals surface area contributed by atoms with Crippen molar-refractivity contribution in [1.82, 2.24) is 14.0 Å². The number of ether oxygens (including phenoxy) is 3. The third-order valence-electron chi connectivity index (χ3n) is 5.53. The Labute approximate surface area is 220 Å². The first-order chi connectivity index (χ1) is 18.3. The number of carbonyl (C=O) groups is 1. The SMILES string of the molecule is C=C/C=C(OC)\C(=C/CC(=O)N=c1c(C#N)cc2c(=O)n3ccccc3nc2n1CCCOC(C)C)OC. The van der Waals surface area contributed by atoms with Gasteiger partial charge in [0.25, 0.3) is 11.5 Å². The van der Waals surface area contributed by atoms with Gasteiger partial charge in [-0.3, -0.25) is 14.0 Å². The first-order valence-corrected chi connectivity index (χ1v) is 12.1. The monoisotopic (exact) mass is 517 g/mol. The van der Waals surface area contributed by atoms with Gasteiger partial charge in [-0.2, -0.15) is 10.3 Å². The van der Waals surface area contributed by atoms with Crippen molar-refractivity contribution in [2.75, 3.05) is 20.8 Å². The van der Waals surface area contributed by atoms with E-state index in [1.54, 1.807) is 35.0 Å². The normalized spacial score (nSPS) is 12.7. The van der Waals surface area contributed by atoms with Gasteiger partial charge in [0.05, 0.1) is 37.7 Å². The summed E-state index contributed by atoms with van der Waals surface area (Å²) in [5.74, 6) is 0.222. The summed E-state index contributed by atoms with van der Waals surface area (Å²) in [6.45, 7) is 8.29. The average molecular weight is 518 g/mol. The number of hydrogen-bond donors (Lipinski definition) is 0. The van der Waals surface area contributed by atoms with E-state index in [9.17, 15) is 14.9 Å². The van der Waals surface area contributed by atoms with Gasteiger partial charge in [0, 0.05) is 19.3 Å². The summed E-state index contributed by atoms with van der Waals surface area (Å²) in [5.41, 5.74) is 0.669. The Balaban J connectivity index is 2.18. The molecule has 0 spiro atoms. The number of aryl methyl sites for hydroxylation is 1.